The molecular formula is C40H48N5O7P. The molecule has 13 heteroatoms. The molecule has 6 rings (SSSR count). The summed E-state index contributed by atoms with van der Waals surface area (Å²) in [6.07, 6.45) is 0.163. The van der Waals surface area contributed by atoms with Gasteiger partial charge in [-0.2, -0.15) is 5.26 Å². The average Bonchev–Trinajstić information content (AvgIpc) is 3.65. The zero-order valence-corrected chi connectivity index (χ0v) is 31.9. The van der Waals surface area contributed by atoms with Crippen LogP contribution in [0.15, 0.2) is 101 Å². The van der Waals surface area contributed by atoms with E-state index in [4.69, 9.17) is 23.3 Å². The third-order valence-corrected chi connectivity index (χ3v) is 11.9. The first-order valence-corrected chi connectivity index (χ1v) is 19.0. The Morgan fingerprint density at radius 3 is 2.15 bits per heavy atom. The van der Waals surface area contributed by atoms with Crippen molar-refractivity contribution in [3.63, 3.8) is 0 Å². The fourth-order valence-electron chi connectivity index (χ4n) is 7.43. The Kier molecular flexibility index (Phi) is 12.0. The summed E-state index contributed by atoms with van der Waals surface area (Å²) >= 11 is 0. The lowest BCUT2D eigenvalue weighted by molar-refractivity contribution is -0.183. The number of hydrogen-bond acceptors (Lipinski definition) is 10. The van der Waals surface area contributed by atoms with Crippen LogP contribution in [0.5, 0.6) is 5.75 Å². The van der Waals surface area contributed by atoms with Crippen molar-refractivity contribution in [1.29, 1.82) is 5.26 Å². The number of H-pyrrole nitrogens is 1. The minimum atomic E-state index is -1.63. The summed E-state index contributed by atoms with van der Waals surface area (Å²) in [5.41, 5.74) is 0.121. The Morgan fingerprint density at radius 1 is 0.981 bits per heavy atom. The van der Waals surface area contributed by atoms with Crippen LogP contribution in [0, 0.1) is 18.3 Å². The highest BCUT2D eigenvalue weighted by Gasteiger charge is 2.64. The van der Waals surface area contributed by atoms with Crippen LogP contribution in [0.3, 0.4) is 0 Å². The molecule has 2 fully saturated rings. The zero-order valence-electron chi connectivity index (χ0n) is 31.0. The second-order valence-electron chi connectivity index (χ2n) is 14.0. The van der Waals surface area contributed by atoms with Crippen LogP contribution < -0.4 is 21.3 Å². The number of aromatic nitrogens is 2. The van der Waals surface area contributed by atoms with Crippen LogP contribution in [0.2, 0.25) is 0 Å². The summed E-state index contributed by atoms with van der Waals surface area (Å²) in [6.45, 7) is 10.4. The van der Waals surface area contributed by atoms with E-state index >= 15 is 0 Å². The van der Waals surface area contributed by atoms with E-state index in [-0.39, 0.29) is 38.3 Å². The smallest absolute Gasteiger partial charge is 0.330 e. The molecular weight excluding hydrogens is 693 g/mol. The summed E-state index contributed by atoms with van der Waals surface area (Å²) in [4.78, 5) is 28.3. The molecule has 0 aliphatic carbocycles. The second-order valence-corrected chi connectivity index (χ2v) is 15.4. The molecule has 0 spiro atoms. The molecule has 2 saturated heterocycles. The first-order chi connectivity index (χ1) is 25.5. The van der Waals surface area contributed by atoms with Gasteiger partial charge in [-0.05, 0) is 63.4 Å². The third-order valence-electron chi connectivity index (χ3n) is 9.86. The molecule has 0 radical (unpaired) electrons. The van der Waals surface area contributed by atoms with Gasteiger partial charge in [-0.15, -0.1) is 0 Å². The van der Waals surface area contributed by atoms with E-state index in [2.05, 4.69) is 73.0 Å². The van der Waals surface area contributed by atoms with Crippen molar-refractivity contribution in [2.24, 2.45) is 0 Å². The Balaban J connectivity index is 1.51. The normalized spacial score (nSPS) is 21.7. The van der Waals surface area contributed by atoms with Crippen LogP contribution in [0.4, 0.5) is 0 Å². The Morgan fingerprint density at radius 2 is 1.58 bits per heavy atom. The highest BCUT2D eigenvalue weighted by molar-refractivity contribution is 7.44. The van der Waals surface area contributed by atoms with Crippen molar-refractivity contribution >= 4 is 8.53 Å². The molecule has 280 valence electrons. The van der Waals surface area contributed by atoms with E-state index in [0.29, 0.717) is 5.56 Å². The fourth-order valence-corrected chi connectivity index (χ4v) is 9.10. The monoisotopic (exact) mass is 741 g/mol. The Bertz CT molecular complexity index is 1940. The molecule has 1 aromatic heterocycles. The number of aromatic amines is 1. The maximum atomic E-state index is 13.4. The Labute approximate surface area is 311 Å². The van der Waals surface area contributed by atoms with Crippen molar-refractivity contribution in [2.75, 3.05) is 26.9 Å². The minimum Gasteiger partial charge on any atom is -0.497 e. The van der Waals surface area contributed by atoms with Crippen molar-refractivity contribution in [1.82, 2.24) is 19.5 Å². The number of nitrogens with one attached hydrogen (secondary N) is 2. The maximum absolute atomic E-state index is 13.4. The Hall–Kier alpha value is -4.18. The molecule has 4 aromatic rings. The van der Waals surface area contributed by atoms with Gasteiger partial charge in [-0.1, -0.05) is 72.8 Å². The minimum absolute atomic E-state index is 0.0468. The third kappa shape index (κ3) is 7.62. The number of aryl methyl sites for hydroxylation is 1. The number of fused-ring (bicyclic) bond motifs is 2. The molecule has 3 aromatic carbocycles. The summed E-state index contributed by atoms with van der Waals surface area (Å²) in [5.74, 6) is 0.721. The molecule has 2 bridgehead atoms. The molecule has 0 saturated carbocycles. The van der Waals surface area contributed by atoms with E-state index in [1.165, 1.54) is 10.8 Å². The first kappa shape index (κ1) is 38.5. The predicted octanol–water partition coefficient (Wildman–Crippen LogP) is 5.76. The lowest BCUT2D eigenvalue weighted by Gasteiger charge is -2.42. The first-order valence-electron chi connectivity index (χ1n) is 17.9. The lowest BCUT2D eigenvalue weighted by atomic mass is 9.75. The molecule has 0 amide bonds. The van der Waals surface area contributed by atoms with Gasteiger partial charge in [0.25, 0.3) is 14.1 Å². The molecule has 3 heterocycles. The fraction of sp³-hybridized carbons (Fsp3) is 0.425. The van der Waals surface area contributed by atoms with E-state index in [0.717, 1.165) is 22.4 Å². The summed E-state index contributed by atoms with van der Waals surface area (Å²) < 4.78 is 35.8. The molecule has 12 nitrogen and oxygen atoms in total. The van der Waals surface area contributed by atoms with E-state index in [1.807, 2.05) is 60.7 Å². The van der Waals surface area contributed by atoms with Crippen molar-refractivity contribution in [3.05, 3.63) is 134 Å². The number of benzene rings is 3. The maximum Gasteiger partial charge on any atom is 0.330 e. The van der Waals surface area contributed by atoms with Gasteiger partial charge < -0.3 is 23.3 Å². The lowest BCUT2D eigenvalue weighted by Crippen LogP contribution is -2.59. The van der Waals surface area contributed by atoms with Crippen molar-refractivity contribution in [2.45, 2.75) is 82.6 Å². The van der Waals surface area contributed by atoms with Crippen LogP contribution in [0.25, 0.3) is 0 Å². The van der Waals surface area contributed by atoms with Crippen LogP contribution in [0.1, 0.15) is 62.6 Å². The summed E-state index contributed by atoms with van der Waals surface area (Å²) in [7, 11) is 0.00724. The average molecular weight is 742 g/mol. The molecule has 2 N–H and O–H groups in total. The van der Waals surface area contributed by atoms with Crippen LogP contribution in [-0.4, -0.2) is 71.0 Å². The number of nitriles is 1. The van der Waals surface area contributed by atoms with Crippen molar-refractivity contribution < 1.29 is 23.3 Å². The number of ether oxygens (including phenoxy) is 3. The number of nitrogens with zero attached hydrogens (tertiary/aromatic N) is 3. The van der Waals surface area contributed by atoms with Crippen LogP contribution in [-0.2, 0) is 24.1 Å². The summed E-state index contributed by atoms with van der Waals surface area (Å²) in [5, 5.41) is 13.4. The largest absolute Gasteiger partial charge is 0.497 e. The molecule has 53 heavy (non-hydrogen) atoms. The SMILES string of the molecule is COc1ccc(C(N[C@H]2[C@H]3OC[C@]2(COP(OCCC#N)N(C(C)C)C(C)C)O[C@H]3n2cc(C)c(=O)[nH]c2=O)(c2ccccc2)c2ccccc2)cc1. The van der Waals surface area contributed by atoms with Gasteiger partial charge in [-0.25, -0.2) is 9.46 Å². The van der Waals surface area contributed by atoms with E-state index in [1.54, 1.807) is 14.0 Å². The van der Waals surface area contributed by atoms with Gasteiger partial charge in [0, 0.05) is 23.8 Å². The standard InChI is InChI=1S/C40H48N5O7P/c1-27(2)45(28(3)4)53(50-23-13-22-41)51-26-39-25-49-34(37(52-39)44-24-29(5)36(46)42-38(44)47)35(39)43-40(30-14-9-7-10-15-30,31-16-11-8-12-17-31)32-18-20-33(48-6)21-19-32/h7-12,14-21,24,27-28,34-35,37,43H,13,23,25-26H2,1-6H3,(H,42,46,47)/t34-,35+,37-,39-,53?/m1/s1. The number of hydrogen-bond donors (Lipinski definition) is 2. The second kappa shape index (κ2) is 16.5. The van der Waals surface area contributed by atoms with Crippen LogP contribution >= 0.6 is 8.53 Å². The summed E-state index contributed by atoms with van der Waals surface area (Å²) in [6, 6.07) is 30.1. The van der Waals surface area contributed by atoms with Gasteiger partial charge in [0.2, 0.25) is 0 Å². The highest BCUT2D eigenvalue weighted by Crippen LogP contribution is 2.52. The topological polar surface area (TPSA) is 140 Å². The van der Waals surface area contributed by atoms with Crippen molar-refractivity contribution in [3.8, 4) is 11.8 Å². The molecule has 2 aliphatic heterocycles. The molecule has 2 aliphatic rings. The van der Waals surface area contributed by atoms with Gasteiger partial charge in [0.1, 0.15) is 17.5 Å². The highest BCUT2D eigenvalue weighted by atomic mass is 31.2. The van der Waals surface area contributed by atoms with Gasteiger partial charge in [0.15, 0.2) is 6.23 Å². The van der Waals surface area contributed by atoms with Gasteiger partial charge in [-0.3, -0.25) is 19.7 Å². The molecule has 5 atom stereocenters. The zero-order chi connectivity index (χ0) is 37.8. The number of rotatable bonds is 16. The van der Waals surface area contributed by atoms with E-state index in [9.17, 15) is 14.9 Å². The van der Waals surface area contributed by atoms with E-state index < -0.39 is 49.3 Å². The number of methoxy groups -OCH3 is 1. The van der Waals surface area contributed by atoms with Gasteiger partial charge in [0.05, 0.1) is 51.0 Å². The quantitative estimate of drug-likeness (QED) is 0.0828. The predicted molar refractivity (Wildman–Crippen MR) is 203 cm³/mol. The molecule has 1 unspecified atom stereocenters. The van der Waals surface area contributed by atoms with Gasteiger partial charge >= 0.3 is 5.69 Å².